The second-order valence-corrected chi connectivity index (χ2v) is 11.6. The van der Waals surface area contributed by atoms with Crippen molar-refractivity contribution < 1.29 is 20.1 Å². The molecule has 4 bridgehead atoms. The van der Waals surface area contributed by atoms with Gasteiger partial charge in [0.15, 0.2) is 0 Å². The minimum Gasteiger partial charge on any atom is -0.512 e. The Morgan fingerprint density at radius 2 is 1.67 bits per heavy atom. The SMILES string of the molecule is O=C(O)CCC/C=C1\C[C@@H]2C[C@H](O)[C@@H](C(O)=CCC34CC5CC(CC(C5)C3)C4)[C@@H]2C1. The molecule has 0 saturated heterocycles. The average Bonchev–Trinajstić information content (AvgIpc) is 3.18. The van der Waals surface area contributed by atoms with Crippen LogP contribution < -0.4 is 0 Å². The van der Waals surface area contributed by atoms with Crippen LogP contribution >= 0.6 is 0 Å². The van der Waals surface area contributed by atoms with E-state index in [1.165, 1.54) is 44.1 Å². The number of fused-ring (bicyclic) bond motifs is 1. The summed E-state index contributed by atoms with van der Waals surface area (Å²) in [5.41, 5.74) is 1.83. The molecule has 6 rings (SSSR count). The van der Waals surface area contributed by atoms with Crippen molar-refractivity contribution in [1.29, 1.82) is 0 Å². The highest BCUT2D eigenvalue weighted by Crippen LogP contribution is 2.61. The molecular weight excluding hydrogens is 376 g/mol. The number of hydrogen-bond acceptors (Lipinski definition) is 3. The van der Waals surface area contributed by atoms with Crippen LogP contribution in [0.2, 0.25) is 0 Å². The predicted molar refractivity (Wildman–Crippen MR) is 116 cm³/mol. The molecule has 3 N–H and O–H groups in total. The molecule has 0 spiro atoms. The third-order valence-corrected chi connectivity index (χ3v) is 9.33. The maximum absolute atomic E-state index is 11.0. The van der Waals surface area contributed by atoms with Crippen molar-refractivity contribution in [3.05, 3.63) is 23.5 Å². The Morgan fingerprint density at radius 1 is 1.00 bits per heavy atom. The number of aliphatic hydroxyl groups excluding tert-OH is 2. The van der Waals surface area contributed by atoms with E-state index in [-0.39, 0.29) is 12.3 Å². The second kappa shape index (κ2) is 8.00. The molecule has 6 aliphatic rings. The molecule has 0 aromatic rings. The fourth-order valence-electron chi connectivity index (χ4n) is 8.60. The van der Waals surface area contributed by atoms with Gasteiger partial charge in [-0.15, -0.1) is 0 Å². The van der Waals surface area contributed by atoms with Gasteiger partial charge in [-0.2, -0.15) is 0 Å². The summed E-state index contributed by atoms with van der Waals surface area (Å²) in [4.78, 5) is 10.7. The highest BCUT2D eigenvalue weighted by atomic mass is 16.4. The molecule has 0 aromatic heterocycles. The Balaban J connectivity index is 1.22. The van der Waals surface area contributed by atoms with Gasteiger partial charge in [-0.1, -0.05) is 11.6 Å². The second-order valence-electron chi connectivity index (χ2n) is 11.6. The third kappa shape index (κ3) is 3.97. The zero-order chi connectivity index (χ0) is 20.9. The molecule has 6 aliphatic carbocycles. The highest BCUT2D eigenvalue weighted by molar-refractivity contribution is 5.66. The van der Waals surface area contributed by atoms with Gasteiger partial charge in [-0.25, -0.2) is 0 Å². The minimum atomic E-state index is -0.728. The number of carboxylic acid groups (broad SMARTS) is 1. The number of rotatable bonds is 7. The zero-order valence-electron chi connectivity index (χ0n) is 18.1. The van der Waals surface area contributed by atoms with Gasteiger partial charge in [0.2, 0.25) is 0 Å². The number of hydrogen-bond donors (Lipinski definition) is 3. The molecule has 0 amide bonds. The van der Waals surface area contributed by atoms with E-state index in [0.717, 1.165) is 49.9 Å². The van der Waals surface area contributed by atoms with Crippen LogP contribution in [0.5, 0.6) is 0 Å². The van der Waals surface area contributed by atoms with Gasteiger partial charge in [-0.05, 0) is 118 Å². The number of allylic oxidation sites excluding steroid dienone is 3. The summed E-state index contributed by atoms with van der Waals surface area (Å²) in [6.07, 6.45) is 17.8. The summed E-state index contributed by atoms with van der Waals surface area (Å²) in [5, 5.41) is 30.5. The van der Waals surface area contributed by atoms with Crippen LogP contribution in [0.15, 0.2) is 23.5 Å². The number of aliphatic hydroxyl groups is 2. The third-order valence-electron chi connectivity index (χ3n) is 9.33. The summed E-state index contributed by atoms with van der Waals surface area (Å²) in [7, 11) is 0. The summed E-state index contributed by atoms with van der Waals surface area (Å²) < 4.78 is 0. The molecule has 0 heterocycles. The first-order valence-corrected chi connectivity index (χ1v) is 12.4. The molecule has 4 heteroatoms. The lowest BCUT2D eigenvalue weighted by Gasteiger charge is -2.56. The van der Waals surface area contributed by atoms with Crippen molar-refractivity contribution in [3.8, 4) is 0 Å². The summed E-state index contributed by atoms with van der Waals surface area (Å²) in [5.74, 6) is 3.22. The van der Waals surface area contributed by atoms with E-state index in [4.69, 9.17) is 5.11 Å². The first-order chi connectivity index (χ1) is 14.4. The van der Waals surface area contributed by atoms with Gasteiger partial charge in [0, 0.05) is 12.3 Å². The molecule has 30 heavy (non-hydrogen) atoms. The molecule has 0 unspecified atom stereocenters. The lowest BCUT2D eigenvalue weighted by atomic mass is 9.49. The van der Waals surface area contributed by atoms with Crippen molar-refractivity contribution in [3.63, 3.8) is 0 Å². The van der Waals surface area contributed by atoms with Crippen LogP contribution in [0, 0.1) is 40.9 Å². The monoisotopic (exact) mass is 414 g/mol. The Bertz CT molecular complexity index is 700. The number of aliphatic carboxylic acids is 1. The van der Waals surface area contributed by atoms with Crippen LogP contribution in [-0.2, 0) is 4.79 Å². The van der Waals surface area contributed by atoms with Gasteiger partial charge < -0.3 is 15.3 Å². The Morgan fingerprint density at radius 3 is 2.30 bits per heavy atom. The Labute approximate surface area is 180 Å². The molecule has 166 valence electrons. The summed E-state index contributed by atoms with van der Waals surface area (Å²) >= 11 is 0. The normalized spacial score (nSPS) is 46.0. The maximum Gasteiger partial charge on any atom is 0.303 e. The standard InChI is InChI=1S/C26H38O4/c27-22(5-6-26-13-17-7-18(14-26)9-19(8-17)15-26)25-21-11-16(3-1-2-4-24(29)30)10-20(21)12-23(25)28/h3,5,17-21,23,25,27-28H,1-2,4,6-15H2,(H,29,30)/b16-3+,22-5?/t17?,18?,19?,20-,21-,23+,25-,26?/m1/s1. The van der Waals surface area contributed by atoms with E-state index in [9.17, 15) is 15.0 Å². The van der Waals surface area contributed by atoms with Crippen LogP contribution in [0.3, 0.4) is 0 Å². The van der Waals surface area contributed by atoms with E-state index in [1.807, 2.05) is 0 Å². The highest BCUT2D eigenvalue weighted by Gasteiger charge is 2.51. The van der Waals surface area contributed by atoms with Crippen molar-refractivity contribution in [2.75, 3.05) is 0 Å². The quantitative estimate of drug-likeness (QED) is 0.287. The Kier molecular flexibility index (Phi) is 5.49. The fourth-order valence-corrected chi connectivity index (χ4v) is 8.60. The molecule has 0 aromatic carbocycles. The van der Waals surface area contributed by atoms with Crippen LogP contribution in [0.4, 0.5) is 0 Å². The molecule has 0 aliphatic heterocycles. The molecule has 6 fully saturated rings. The van der Waals surface area contributed by atoms with E-state index >= 15 is 0 Å². The van der Waals surface area contributed by atoms with E-state index < -0.39 is 12.1 Å². The lowest BCUT2D eigenvalue weighted by Crippen LogP contribution is -2.45. The van der Waals surface area contributed by atoms with Crippen LogP contribution in [0.1, 0.15) is 83.5 Å². The van der Waals surface area contributed by atoms with Crippen molar-refractivity contribution in [2.45, 2.75) is 89.6 Å². The lowest BCUT2D eigenvalue weighted by molar-refractivity contribution is -0.137. The maximum atomic E-state index is 11.0. The molecule has 0 radical (unpaired) electrons. The van der Waals surface area contributed by atoms with Gasteiger partial charge in [-0.3, -0.25) is 4.79 Å². The van der Waals surface area contributed by atoms with Crippen LogP contribution in [-0.4, -0.2) is 27.4 Å². The topological polar surface area (TPSA) is 77.8 Å². The predicted octanol–water partition coefficient (Wildman–Crippen LogP) is 5.62. The summed E-state index contributed by atoms with van der Waals surface area (Å²) in [6, 6.07) is 0. The van der Waals surface area contributed by atoms with E-state index in [0.29, 0.717) is 29.4 Å². The van der Waals surface area contributed by atoms with E-state index in [1.54, 1.807) is 0 Å². The molecular formula is C26H38O4. The van der Waals surface area contributed by atoms with Gasteiger partial charge in [0.05, 0.1) is 11.9 Å². The molecule has 4 nitrogen and oxygen atoms in total. The smallest absolute Gasteiger partial charge is 0.303 e. The summed E-state index contributed by atoms with van der Waals surface area (Å²) in [6.45, 7) is 0. The van der Waals surface area contributed by atoms with Crippen molar-refractivity contribution >= 4 is 5.97 Å². The van der Waals surface area contributed by atoms with Gasteiger partial charge in [0.1, 0.15) is 0 Å². The fraction of sp³-hybridized carbons (Fsp3) is 0.808. The largest absolute Gasteiger partial charge is 0.512 e. The average molecular weight is 415 g/mol. The van der Waals surface area contributed by atoms with Crippen LogP contribution in [0.25, 0.3) is 0 Å². The zero-order valence-corrected chi connectivity index (χ0v) is 18.1. The number of unbranched alkanes of at least 4 members (excludes halogenated alkanes) is 1. The first kappa shape index (κ1) is 20.6. The number of carboxylic acids is 1. The van der Waals surface area contributed by atoms with Crippen molar-refractivity contribution in [2.24, 2.45) is 40.9 Å². The number of carbonyl (C=O) groups is 1. The molecule has 4 atom stereocenters. The first-order valence-electron chi connectivity index (χ1n) is 12.4. The minimum absolute atomic E-state index is 0.103. The van der Waals surface area contributed by atoms with Gasteiger partial charge >= 0.3 is 5.97 Å². The van der Waals surface area contributed by atoms with Gasteiger partial charge in [0.25, 0.3) is 0 Å². The van der Waals surface area contributed by atoms with E-state index in [2.05, 4.69) is 12.2 Å². The molecule has 6 saturated carbocycles. The Hall–Kier alpha value is -1.29. The van der Waals surface area contributed by atoms with Crippen molar-refractivity contribution in [1.82, 2.24) is 0 Å².